The highest BCUT2D eigenvalue weighted by atomic mass is 16.8. The lowest BCUT2D eigenvalue weighted by atomic mass is 9.45. The third-order valence-corrected chi connectivity index (χ3v) is 17.7. The second-order valence-corrected chi connectivity index (χ2v) is 21.0. The van der Waals surface area contributed by atoms with Crippen LogP contribution in [0.2, 0.25) is 0 Å². The van der Waals surface area contributed by atoms with Crippen LogP contribution in [0.1, 0.15) is 66.7 Å². The molecule has 64 heavy (non-hydrogen) atoms. The maximum Gasteiger partial charge on any atom is 0.200 e. The minimum absolute atomic E-state index is 0.00188. The summed E-state index contributed by atoms with van der Waals surface area (Å²) in [5.74, 6) is -2.53. The molecule has 3 saturated carbocycles. The van der Waals surface area contributed by atoms with Gasteiger partial charge in [-0.3, -0.25) is 0 Å². The standard InChI is InChI=1S/C44H70O20/c1-15-13-58-44(38(56)29(15)49)16(2)28-24(64-44)10-21-20-7-6-18-8-19(46)9-27(42(18,4)22(20)11-26(48)43(21,28)5)61-41-37(63-40-35(55)33(53)30(50)17(3)59-40)36(32(52)25(12-45)60-41)62-39-34(54)31(51)23(47)14-57-39/h6,15-17,19-41,45-56H,7-14H2,1-5H3/t15-,16+,17+,19-,20+,21+,22+,23-,24?,25-,26-,27-,28?,29+,30+,31+,32-,33-,34-,35-,36+,37-,38+,39+,40+,41+,42+,43-,44+/m1/s1. The third kappa shape index (κ3) is 7.24. The Balaban J connectivity index is 1.03. The number of ether oxygens (including phenoxy) is 8. The predicted molar refractivity (Wildman–Crippen MR) is 214 cm³/mol. The van der Waals surface area contributed by atoms with Gasteiger partial charge in [-0.05, 0) is 50.4 Å². The summed E-state index contributed by atoms with van der Waals surface area (Å²) >= 11 is 0. The SMILES string of the molecule is C[C@@H]1CO[C@@]2(OC3C[C@H]4[C@@H]5CC=C6C[C@@H](O)C[C@@H](O[C@@H]7O[C@H](CO)[C@@H](O)[C@H](O[C@@H]8OC[C@@H](O)[C@H](O)[C@H]8O)[C@H]7O[C@@H]7O[C@@H](C)[C@H](O)[C@@H](O)[C@H]7O)[C@]6(C)[C@H]5C[C@@H](O)[C@]4(C)C3[C@@H]2C)[C@@H](O)[C@H]1O. The van der Waals surface area contributed by atoms with Crippen LogP contribution in [0, 0.1) is 46.3 Å². The fourth-order valence-corrected chi connectivity index (χ4v) is 13.9. The van der Waals surface area contributed by atoms with Crippen LogP contribution in [-0.4, -0.2) is 210 Å². The van der Waals surface area contributed by atoms with E-state index in [1.807, 2.05) is 20.8 Å². The zero-order valence-corrected chi connectivity index (χ0v) is 36.9. The van der Waals surface area contributed by atoms with Gasteiger partial charge >= 0.3 is 0 Å². The van der Waals surface area contributed by atoms with Gasteiger partial charge in [-0.1, -0.05) is 39.3 Å². The maximum atomic E-state index is 12.5. The van der Waals surface area contributed by atoms with E-state index in [2.05, 4.69) is 13.0 Å². The van der Waals surface area contributed by atoms with E-state index in [0.717, 1.165) is 5.57 Å². The van der Waals surface area contributed by atoms with Gasteiger partial charge < -0.3 is 99.2 Å². The summed E-state index contributed by atoms with van der Waals surface area (Å²) in [7, 11) is 0. The highest BCUT2D eigenvalue weighted by Crippen LogP contribution is 2.71. The Morgan fingerprint density at radius 3 is 2.12 bits per heavy atom. The molecule has 0 radical (unpaired) electrons. The van der Waals surface area contributed by atoms with Crippen LogP contribution in [0.15, 0.2) is 11.6 Å². The molecule has 12 N–H and O–H groups in total. The highest BCUT2D eigenvalue weighted by molar-refractivity contribution is 5.30. The number of rotatable bonds is 7. The first-order valence-electron chi connectivity index (χ1n) is 23.2. The molecule has 366 valence electrons. The van der Waals surface area contributed by atoms with Gasteiger partial charge in [0.25, 0.3) is 0 Å². The predicted octanol–water partition coefficient (Wildman–Crippen LogP) is -3.26. The molecular weight excluding hydrogens is 848 g/mol. The largest absolute Gasteiger partial charge is 0.394 e. The zero-order chi connectivity index (χ0) is 46.1. The molecule has 8 fully saturated rings. The lowest BCUT2D eigenvalue weighted by Crippen LogP contribution is -2.67. The molecule has 0 aromatic carbocycles. The lowest BCUT2D eigenvalue weighted by molar-refractivity contribution is -0.393. The van der Waals surface area contributed by atoms with Crippen molar-refractivity contribution in [1.82, 2.24) is 0 Å². The van der Waals surface area contributed by atoms with Gasteiger partial charge in [0.1, 0.15) is 67.1 Å². The summed E-state index contributed by atoms with van der Waals surface area (Å²) < 4.78 is 50.0. The smallest absolute Gasteiger partial charge is 0.200 e. The molecule has 4 aliphatic carbocycles. The van der Waals surface area contributed by atoms with E-state index in [1.54, 1.807) is 0 Å². The Morgan fingerprint density at radius 2 is 1.41 bits per heavy atom. The summed E-state index contributed by atoms with van der Waals surface area (Å²) in [6.45, 7) is 8.39. The molecule has 0 aromatic rings. The monoisotopic (exact) mass is 918 g/mol. The first-order chi connectivity index (χ1) is 30.2. The first kappa shape index (κ1) is 48.0. The first-order valence-corrected chi connectivity index (χ1v) is 23.2. The Hall–Kier alpha value is -1.06. The van der Waals surface area contributed by atoms with E-state index in [4.69, 9.17) is 37.9 Å². The molecular formula is C44H70O20. The maximum absolute atomic E-state index is 12.5. The average molecular weight is 919 g/mol. The molecule has 20 nitrogen and oxygen atoms in total. The van der Waals surface area contributed by atoms with Crippen LogP contribution < -0.4 is 0 Å². The van der Waals surface area contributed by atoms with Gasteiger partial charge in [-0.2, -0.15) is 0 Å². The molecule has 2 unspecified atom stereocenters. The number of allylic oxidation sites excluding steroid dienone is 1. The van der Waals surface area contributed by atoms with Crippen LogP contribution in [0.5, 0.6) is 0 Å². The quantitative estimate of drug-likeness (QED) is 0.112. The number of hydrogen-bond acceptors (Lipinski definition) is 20. The fraction of sp³-hybridized carbons (Fsp3) is 0.955. The van der Waals surface area contributed by atoms with Crippen molar-refractivity contribution < 1.29 is 99.2 Å². The van der Waals surface area contributed by atoms with Gasteiger partial charge in [-0.25, -0.2) is 0 Å². The highest BCUT2D eigenvalue weighted by Gasteiger charge is 2.74. The van der Waals surface area contributed by atoms with Crippen LogP contribution in [0.25, 0.3) is 0 Å². The minimum Gasteiger partial charge on any atom is -0.394 e. The molecule has 20 heteroatoms. The van der Waals surface area contributed by atoms with Crippen LogP contribution in [0.4, 0.5) is 0 Å². The Morgan fingerprint density at radius 1 is 0.703 bits per heavy atom. The van der Waals surface area contributed by atoms with Crippen LogP contribution in [-0.2, 0) is 37.9 Å². The van der Waals surface area contributed by atoms with Gasteiger partial charge in [0.05, 0.1) is 56.4 Å². The van der Waals surface area contributed by atoms with E-state index >= 15 is 0 Å². The van der Waals surface area contributed by atoms with Crippen molar-refractivity contribution in [2.45, 2.75) is 195 Å². The molecule has 1 spiro atoms. The second-order valence-electron chi connectivity index (χ2n) is 21.0. The number of aliphatic hydroxyl groups is 12. The number of fused-ring (bicyclic) bond motifs is 7. The van der Waals surface area contributed by atoms with E-state index in [0.29, 0.717) is 25.7 Å². The molecule has 0 aromatic heterocycles. The van der Waals surface area contributed by atoms with Gasteiger partial charge in [0, 0.05) is 35.0 Å². The summed E-state index contributed by atoms with van der Waals surface area (Å²) in [5.41, 5.74) is -0.601. The molecule has 0 bridgehead atoms. The number of aliphatic hydroxyl groups excluding tert-OH is 12. The van der Waals surface area contributed by atoms with Gasteiger partial charge in [0.2, 0.25) is 0 Å². The van der Waals surface area contributed by atoms with Crippen molar-refractivity contribution in [3.8, 4) is 0 Å². The summed E-state index contributed by atoms with van der Waals surface area (Å²) in [4.78, 5) is 0. The van der Waals surface area contributed by atoms with Crippen molar-refractivity contribution in [2.24, 2.45) is 46.3 Å². The number of hydrogen-bond donors (Lipinski definition) is 12. The summed E-state index contributed by atoms with van der Waals surface area (Å²) in [5, 5.41) is 132. The molecule has 9 aliphatic rings. The van der Waals surface area contributed by atoms with Crippen molar-refractivity contribution in [1.29, 1.82) is 0 Å². The Labute approximate surface area is 371 Å². The average Bonchev–Trinajstić information content (AvgIpc) is 3.72. The van der Waals surface area contributed by atoms with Crippen molar-refractivity contribution in [2.75, 3.05) is 19.8 Å². The molecule has 5 heterocycles. The Bertz CT molecular complexity index is 1710. The van der Waals surface area contributed by atoms with Gasteiger partial charge in [0.15, 0.2) is 24.7 Å². The second kappa shape index (κ2) is 17.4. The molecule has 5 saturated heterocycles. The molecule has 5 aliphatic heterocycles. The van der Waals surface area contributed by atoms with E-state index in [-0.39, 0.29) is 54.6 Å². The summed E-state index contributed by atoms with van der Waals surface area (Å²) in [6.07, 6.45) is -23.4. The van der Waals surface area contributed by atoms with Crippen LogP contribution in [0.3, 0.4) is 0 Å². The Kier molecular flexibility index (Phi) is 13.1. The summed E-state index contributed by atoms with van der Waals surface area (Å²) in [6, 6.07) is 0. The molecule has 0 amide bonds. The van der Waals surface area contributed by atoms with Crippen molar-refractivity contribution >= 4 is 0 Å². The van der Waals surface area contributed by atoms with E-state index < -0.39 is 146 Å². The fourth-order valence-electron chi connectivity index (χ4n) is 13.9. The van der Waals surface area contributed by atoms with Gasteiger partial charge in [-0.15, -0.1) is 0 Å². The molecule has 9 rings (SSSR count). The topological polar surface area (TPSA) is 317 Å². The van der Waals surface area contributed by atoms with E-state index in [1.165, 1.54) is 6.92 Å². The van der Waals surface area contributed by atoms with Crippen molar-refractivity contribution in [3.05, 3.63) is 11.6 Å². The van der Waals surface area contributed by atoms with Crippen molar-refractivity contribution in [3.63, 3.8) is 0 Å². The van der Waals surface area contributed by atoms with E-state index in [9.17, 15) is 61.3 Å². The lowest BCUT2D eigenvalue weighted by Gasteiger charge is -2.62. The third-order valence-electron chi connectivity index (χ3n) is 17.7. The molecule has 29 atom stereocenters. The zero-order valence-electron chi connectivity index (χ0n) is 36.9. The minimum atomic E-state index is -1.83. The van der Waals surface area contributed by atoms with Crippen LogP contribution >= 0.6 is 0 Å². The normalized spacial score (nSPS) is 59.7.